The molecule has 2 aromatic heterocycles. The third kappa shape index (κ3) is 4.50. The maximum atomic E-state index is 12.6. The number of hydrogen-bond donors (Lipinski definition) is 2. The SMILES string of the molecule is CCCNc1ncnc2c1cnn2CCNC(=O)C1CC(=O)N(c2ccc(C)cc2)C1. The Hall–Kier alpha value is -3.49. The highest BCUT2D eigenvalue weighted by molar-refractivity contribution is 6.00. The Balaban J connectivity index is 1.33. The van der Waals surface area contributed by atoms with Crippen LogP contribution in [-0.4, -0.2) is 51.2 Å². The van der Waals surface area contributed by atoms with Crippen molar-refractivity contribution in [1.82, 2.24) is 25.1 Å². The van der Waals surface area contributed by atoms with Gasteiger partial charge in [0.25, 0.3) is 0 Å². The molecule has 1 unspecified atom stereocenters. The van der Waals surface area contributed by atoms with Crippen molar-refractivity contribution < 1.29 is 9.59 Å². The molecule has 2 amide bonds. The maximum absolute atomic E-state index is 12.6. The van der Waals surface area contributed by atoms with E-state index in [0.29, 0.717) is 19.6 Å². The molecule has 3 aromatic rings. The molecule has 0 aliphatic carbocycles. The van der Waals surface area contributed by atoms with Gasteiger partial charge in [0.1, 0.15) is 12.1 Å². The lowest BCUT2D eigenvalue weighted by atomic mass is 10.1. The van der Waals surface area contributed by atoms with E-state index in [0.717, 1.165) is 41.1 Å². The quantitative estimate of drug-likeness (QED) is 0.577. The number of nitrogens with one attached hydrogen (secondary N) is 2. The second-order valence-corrected chi connectivity index (χ2v) is 7.79. The van der Waals surface area contributed by atoms with Gasteiger partial charge in [-0.1, -0.05) is 24.6 Å². The van der Waals surface area contributed by atoms with Crippen LogP contribution in [0.25, 0.3) is 11.0 Å². The topological polar surface area (TPSA) is 105 Å². The van der Waals surface area contributed by atoms with Crippen molar-refractivity contribution in [3.05, 3.63) is 42.4 Å². The molecule has 1 saturated heterocycles. The zero-order chi connectivity index (χ0) is 21.8. The van der Waals surface area contributed by atoms with Gasteiger partial charge in [0.2, 0.25) is 11.8 Å². The van der Waals surface area contributed by atoms with E-state index in [2.05, 4.69) is 32.6 Å². The van der Waals surface area contributed by atoms with Gasteiger partial charge >= 0.3 is 0 Å². The molecule has 1 atom stereocenters. The molecule has 0 radical (unpaired) electrons. The van der Waals surface area contributed by atoms with Gasteiger partial charge < -0.3 is 15.5 Å². The second-order valence-electron chi connectivity index (χ2n) is 7.79. The average Bonchev–Trinajstić information content (AvgIpc) is 3.37. The van der Waals surface area contributed by atoms with Crippen LogP contribution in [0.3, 0.4) is 0 Å². The summed E-state index contributed by atoms with van der Waals surface area (Å²) in [6, 6.07) is 7.78. The van der Waals surface area contributed by atoms with Gasteiger partial charge in [-0.2, -0.15) is 5.10 Å². The molecule has 162 valence electrons. The summed E-state index contributed by atoms with van der Waals surface area (Å²) in [5.74, 6) is 0.281. The van der Waals surface area contributed by atoms with E-state index in [1.807, 2.05) is 31.2 Å². The highest BCUT2D eigenvalue weighted by Crippen LogP contribution is 2.25. The lowest BCUT2D eigenvalue weighted by Crippen LogP contribution is -2.35. The van der Waals surface area contributed by atoms with Crippen LogP contribution in [0.2, 0.25) is 0 Å². The Morgan fingerprint density at radius 2 is 2.00 bits per heavy atom. The summed E-state index contributed by atoms with van der Waals surface area (Å²) in [6.45, 7) is 6.22. The number of benzene rings is 1. The molecule has 0 saturated carbocycles. The molecule has 1 aromatic carbocycles. The lowest BCUT2D eigenvalue weighted by molar-refractivity contribution is -0.126. The van der Waals surface area contributed by atoms with Crippen LogP contribution in [0.15, 0.2) is 36.8 Å². The van der Waals surface area contributed by atoms with Crippen molar-refractivity contribution in [1.29, 1.82) is 0 Å². The smallest absolute Gasteiger partial charge is 0.227 e. The Labute approximate surface area is 180 Å². The zero-order valence-corrected chi connectivity index (χ0v) is 17.8. The number of amides is 2. The normalized spacial score (nSPS) is 16.1. The summed E-state index contributed by atoms with van der Waals surface area (Å²) in [4.78, 5) is 35.3. The molecule has 31 heavy (non-hydrogen) atoms. The Morgan fingerprint density at radius 1 is 1.19 bits per heavy atom. The standard InChI is InChI=1S/C22H27N7O2/c1-3-8-23-20-18-12-27-29(21(18)26-14-25-20)10-9-24-22(31)16-11-19(30)28(13-16)17-6-4-15(2)5-7-17/h4-7,12,14,16H,3,8-11,13H2,1-2H3,(H,24,31)(H,23,25,26). The number of carbonyl (C=O) groups excluding carboxylic acids is 2. The minimum Gasteiger partial charge on any atom is -0.369 e. The number of rotatable bonds is 8. The molecular formula is C22H27N7O2. The van der Waals surface area contributed by atoms with Crippen molar-refractivity contribution in [2.75, 3.05) is 29.9 Å². The van der Waals surface area contributed by atoms with E-state index in [1.54, 1.807) is 15.8 Å². The molecule has 0 spiro atoms. The number of fused-ring (bicyclic) bond motifs is 1. The maximum Gasteiger partial charge on any atom is 0.227 e. The largest absolute Gasteiger partial charge is 0.369 e. The number of aromatic nitrogens is 4. The number of carbonyl (C=O) groups is 2. The van der Waals surface area contributed by atoms with Crippen LogP contribution in [0.5, 0.6) is 0 Å². The molecule has 3 heterocycles. The molecule has 2 N–H and O–H groups in total. The van der Waals surface area contributed by atoms with Crippen molar-refractivity contribution in [3.63, 3.8) is 0 Å². The average molecular weight is 422 g/mol. The van der Waals surface area contributed by atoms with E-state index < -0.39 is 0 Å². The molecule has 0 bridgehead atoms. The predicted molar refractivity (Wildman–Crippen MR) is 119 cm³/mol. The molecular weight excluding hydrogens is 394 g/mol. The van der Waals surface area contributed by atoms with Crippen LogP contribution in [-0.2, 0) is 16.1 Å². The van der Waals surface area contributed by atoms with Gasteiger partial charge in [-0.3, -0.25) is 9.59 Å². The fourth-order valence-corrected chi connectivity index (χ4v) is 3.73. The summed E-state index contributed by atoms with van der Waals surface area (Å²) >= 11 is 0. The van der Waals surface area contributed by atoms with E-state index in [9.17, 15) is 9.59 Å². The number of nitrogens with zero attached hydrogens (tertiary/aromatic N) is 5. The molecule has 9 heteroatoms. The fraction of sp³-hybridized carbons (Fsp3) is 0.409. The minimum absolute atomic E-state index is 0.0223. The van der Waals surface area contributed by atoms with E-state index >= 15 is 0 Å². The van der Waals surface area contributed by atoms with Gasteiger partial charge in [-0.25, -0.2) is 14.6 Å². The van der Waals surface area contributed by atoms with Crippen LogP contribution in [0, 0.1) is 12.8 Å². The monoisotopic (exact) mass is 421 g/mol. The number of aryl methyl sites for hydroxylation is 1. The zero-order valence-electron chi connectivity index (χ0n) is 17.8. The fourth-order valence-electron chi connectivity index (χ4n) is 3.73. The third-order valence-electron chi connectivity index (χ3n) is 5.44. The predicted octanol–water partition coefficient (Wildman–Crippen LogP) is 2.13. The van der Waals surface area contributed by atoms with Gasteiger partial charge in [0.05, 0.1) is 24.0 Å². The summed E-state index contributed by atoms with van der Waals surface area (Å²) in [5.41, 5.74) is 2.69. The van der Waals surface area contributed by atoms with Crippen molar-refractivity contribution in [3.8, 4) is 0 Å². The Kier molecular flexibility index (Phi) is 6.11. The van der Waals surface area contributed by atoms with Gasteiger partial charge in [-0.15, -0.1) is 0 Å². The first-order chi connectivity index (χ1) is 15.1. The van der Waals surface area contributed by atoms with Crippen LogP contribution in [0.1, 0.15) is 25.3 Å². The Bertz CT molecular complexity index is 1080. The van der Waals surface area contributed by atoms with Gasteiger partial charge in [0, 0.05) is 31.7 Å². The highest BCUT2D eigenvalue weighted by atomic mass is 16.2. The van der Waals surface area contributed by atoms with Crippen molar-refractivity contribution >= 4 is 34.4 Å². The van der Waals surface area contributed by atoms with Crippen LogP contribution in [0.4, 0.5) is 11.5 Å². The highest BCUT2D eigenvalue weighted by Gasteiger charge is 2.34. The summed E-state index contributed by atoms with van der Waals surface area (Å²) in [7, 11) is 0. The van der Waals surface area contributed by atoms with E-state index in [-0.39, 0.29) is 24.2 Å². The van der Waals surface area contributed by atoms with Gasteiger partial charge in [-0.05, 0) is 25.5 Å². The van der Waals surface area contributed by atoms with Crippen LogP contribution >= 0.6 is 0 Å². The van der Waals surface area contributed by atoms with E-state index in [4.69, 9.17) is 0 Å². The molecule has 1 aliphatic heterocycles. The first kappa shape index (κ1) is 20.8. The molecule has 1 aliphatic rings. The third-order valence-corrected chi connectivity index (χ3v) is 5.44. The minimum atomic E-state index is -0.352. The summed E-state index contributed by atoms with van der Waals surface area (Å²) in [5, 5.41) is 11.5. The number of anilines is 2. The van der Waals surface area contributed by atoms with E-state index in [1.165, 1.54) is 6.33 Å². The number of hydrogen-bond acceptors (Lipinski definition) is 6. The molecule has 1 fully saturated rings. The second kappa shape index (κ2) is 9.11. The van der Waals surface area contributed by atoms with Gasteiger partial charge in [0.15, 0.2) is 5.65 Å². The first-order valence-electron chi connectivity index (χ1n) is 10.6. The summed E-state index contributed by atoms with van der Waals surface area (Å²) in [6.07, 6.45) is 4.48. The molecule has 4 rings (SSSR count). The summed E-state index contributed by atoms with van der Waals surface area (Å²) < 4.78 is 1.76. The first-order valence-corrected chi connectivity index (χ1v) is 10.6. The van der Waals surface area contributed by atoms with Crippen LogP contribution < -0.4 is 15.5 Å². The molecule has 9 nitrogen and oxygen atoms in total. The Morgan fingerprint density at radius 3 is 2.77 bits per heavy atom. The van der Waals surface area contributed by atoms with Crippen molar-refractivity contribution in [2.45, 2.75) is 33.2 Å². The lowest BCUT2D eigenvalue weighted by Gasteiger charge is -2.17. The van der Waals surface area contributed by atoms with Crippen molar-refractivity contribution in [2.24, 2.45) is 5.92 Å².